The van der Waals surface area contributed by atoms with Gasteiger partial charge >= 0.3 is 6.03 Å². The van der Waals surface area contributed by atoms with Crippen LogP contribution in [0.3, 0.4) is 0 Å². The molecule has 3 atom stereocenters. The summed E-state index contributed by atoms with van der Waals surface area (Å²) in [5, 5.41) is 9.47. The zero-order chi connectivity index (χ0) is 24.0. The molecule has 2 aromatic rings. The second-order valence-corrected chi connectivity index (χ2v) is 9.89. The largest absolute Gasteiger partial charge is 0.467 e. The van der Waals surface area contributed by atoms with E-state index in [0.717, 1.165) is 29.7 Å². The summed E-state index contributed by atoms with van der Waals surface area (Å²) in [4.78, 5) is 40.9. The number of amides is 4. The molecule has 1 saturated heterocycles. The molecule has 0 bridgehead atoms. The van der Waals surface area contributed by atoms with E-state index in [-0.39, 0.29) is 24.3 Å². The highest BCUT2D eigenvalue weighted by atomic mass is 35.5. The highest BCUT2D eigenvalue weighted by Gasteiger charge is 2.58. The lowest BCUT2D eigenvalue weighted by Gasteiger charge is -2.42. The Morgan fingerprint density at radius 2 is 1.88 bits per heavy atom. The predicted octanol–water partition coefficient (Wildman–Crippen LogP) is 4.36. The van der Waals surface area contributed by atoms with Crippen LogP contribution in [0, 0.1) is 11.8 Å². The summed E-state index contributed by atoms with van der Waals surface area (Å²) in [5.74, 6) is -0.164. The Labute approximate surface area is 202 Å². The molecule has 2 aliphatic heterocycles. The van der Waals surface area contributed by atoms with Crippen molar-refractivity contribution in [2.24, 2.45) is 16.9 Å². The Bertz CT molecular complexity index is 1130. The van der Waals surface area contributed by atoms with E-state index in [0.29, 0.717) is 22.9 Å². The number of halogens is 1. The molecule has 3 heterocycles. The van der Waals surface area contributed by atoms with Gasteiger partial charge in [-0.1, -0.05) is 44.0 Å². The van der Waals surface area contributed by atoms with Crippen LogP contribution in [0.5, 0.6) is 0 Å². The molecule has 2 fully saturated rings. The van der Waals surface area contributed by atoms with E-state index >= 15 is 0 Å². The molecule has 3 unspecified atom stereocenters. The minimum atomic E-state index is -0.946. The number of benzene rings is 1. The summed E-state index contributed by atoms with van der Waals surface area (Å²) >= 11 is 6.02. The maximum Gasteiger partial charge on any atom is 0.325 e. The molecule has 8 nitrogen and oxygen atoms in total. The molecule has 4 amide bonds. The number of urea groups is 1. The molecule has 1 aromatic carbocycles. The second kappa shape index (κ2) is 8.58. The molecule has 1 N–H and O–H groups in total. The number of carbonyl (C=O) groups excluding carboxylic acids is 3. The topological polar surface area (TPSA) is 95.2 Å². The lowest BCUT2D eigenvalue weighted by atomic mass is 9.67. The van der Waals surface area contributed by atoms with E-state index in [1.165, 1.54) is 5.01 Å². The van der Waals surface area contributed by atoms with Gasteiger partial charge in [-0.25, -0.2) is 9.80 Å². The summed E-state index contributed by atoms with van der Waals surface area (Å²) in [6.45, 7) is 3.62. The Kier molecular flexibility index (Phi) is 5.72. The van der Waals surface area contributed by atoms with Gasteiger partial charge in [0.2, 0.25) is 0 Å². The average molecular weight is 483 g/mol. The van der Waals surface area contributed by atoms with Gasteiger partial charge in [0.25, 0.3) is 11.8 Å². The van der Waals surface area contributed by atoms with E-state index in [1.54, 1.807) is 30.5 Å². The Morgan fingerprint density at radius 1 is 1.18 bits per heavy atom. The van der Waals surface area contributed by atoms with Crippen molar-refractivity contribution in [3.8, 4) is 0 Å². The van der Waals surface area contributed by atoms with Crippen LogP contribution in [0.2, 0.25) is 5.02 Å². The standard InChI is InChI=1S/C25H27ClN4O4/c1-15-5-3-6-16(2)25(15)23(32)29(24(33)27-25)14-22(31)30-20(21-7-4-12-34-21)13-19(28-30)17-8-10-18(26)11-9-17/h4,7-12,15-16,20H,3,5-6,13-14H2,1-2H3,(H,27,33). The minimum Gasteiger partial charge on any atom is -0.467 e. The summed E-state index contributed by atoms with van der Waals surface area (Å²) in [6, 6.07) is 9.80. The van der Waals surface area contributed by atoms with Crippen molar-refractivity contribution >= 4 is 35.2 Å². The van der Waals surface area contributed by atoms with E-state index in [9.17, 15) is 14.4 Å². The van der Waals surface area contributed by atoms with Crippen molar-refractivity contribution in [2.75, 3.05) is 6.54 Å². The van der Waals surface area contributed by atoms with Crippen molar-refractivity contribution in [3.63, 3.8) is 0 Å². The zero-order valence-corrected chi connectivity index (χ0v) is 19.9. The average Bonchev–Trinajstić information content (AvgIpc) is 3.54. The first-order valence-electron chi connectivity index (χ1n) is 11.6. The normalized spacial score (nSPS) is 29.0. The molecule has 5 rings (SSSR count). The molecule has 1 aliphatic carbocycles. The van der Waals surface area contributed by atoms with Crippen LogP contribution in [-0.4, -0.2) is 45.5 Å². The molecule has 1 spiro atoms. The van der Waals surface area contributed by atoms with Crippen LogP contribution in [0.1, 0.15) is 56.9 Å². The first-order valence-corrected chi connectivity index (χ1v) is 12.0. The zero-order valence-electron chi connectivity index (χ0n) is 19.2. The summed E-state index contributed by atoms with van der Waals surface area (Å²) in [7, 11) is 0. The van der Waals surface area contributed by atoms with Crippen LogP contribution in [-0.2, 0) is 9.59 Å². The first-order chi connectivity index (χ1) is 16.3. The van der Waals surface area contributed by atoms with Gasteiger partial charge in [0, 0.05) is 11.4 Å². The third kappa shape index (κ3) is 3.60. The van der Waals surface area contributed by atoms with Crippen LogP contribution in [0.4, 0.5) is 4.79 Å². The van der Waals surface area contributed by atoms with Gasteiger partial charge in [0.1, 0.15) is 23.9 Å². The van der Waals surface area contributed by atoms with Gasteiger partial charge in [-0.2, -0.15) is 5.10 Å². The fourth-order valence-corrected chi connectivity index (χ4v) is 5.69. The van der Waals surface area contributed by atoms with Crippen molar-refractivity contribution < 1.29 is 18.8 Å². The van der Waals surface area contributed by atoms with Crippen LogP contribution >= 0.6 is 11.6 Å². The summed E-state index contributed by atoms with van der Waals surface area (Å²) in [5.41, 5.74) is 0.600. The fourth-order valence-electron chi connectivity index (χ4n) is 5.56. The molecule has 178 valence electrons. The number of furan rings is 1. The molecular formula is C25H27ClN4O4. The van der Waals surface area contributed by atoms with Crippen LogP contribution < -0.4 is 5.32 Å². The molecule has 1 saturated carbocycles. The molecule has 9 heteroatoms. The van der Waals surface area contributed by atoms with Crippen molar-refractivity contribution in [1.29, 1.82) is 0 Å². The number of nitrogens with zero attached hydrogens (tertiary/aromatic N) is 3. The number of hydrogen-bond donors (Lipinski definition) is 1. The Balaban J connectivity index is 1.41. The highest BCUT2D eigenvalue weighted by Crippen LogP contribution is 2.42. The van der Waals surface area contributed by atoms with Gasteiger partial charge in [-0.05, 0) is 54.5 Å². The van der Waals surface area contributed by atoms with Crippen molar-refractivity contribution in [2.45, 2.75) is 51.1 Å². The number of imide groups is 1. The minimum absolute atomic E-state index is 0.00461. The van der Waals surface area contributed by atoms with E-state index in [4.69, 9.17) is 16.0 Å². The third-order valence-corrected chi connectivity index (χ3v) is 7.75. The van der Waals surface area contributed by atoms with Gasteiger partial charge in [-0.15, -0.1) is 0 Å². The smallest absolute Gasteiger partial charge is 0.325 e. The lowest BCUT2D eigenvalue weighted by molar-refractivity contribution is -0.142. The van der Waals surface area contributed by atoms with E-state index < -0.39 is 23.5 Å². The van der Waals surface area contributed by atoms with Gasteiger partial charge in [0.05, 0.1) is 12.0 Å². The SMILES string of the molecule is CC1CCCC(C)C12NC(=O)N(CC(=O)N1N=C(c3ccc(Cl)cc3)CC1c1ccco1)C2=O. The highest BCUT2D eigenvalue weighted by molar-refractivity contribution is 6.30. The van der Waals surface area contributed by atoms with Gasteiger partial charge in [0.15, 0.2) is 0 Å². The second-order valence-electron chi connectivity index (χ2n) is 9.45. The fraction of sp³-hybridized carbons (Fsp3) is 0.440. The Hall–Kier alpha value is -3.13. The number of hydrogen-bond acceptors (Lipinski definition) is 5. The first kappa shape index (κ1) is 22.7. The number of nitrogens with one attached hydrogen (secondary N) is 1. The molecule has 3 aliphatic rings. The van der Waals surface area contributed by atoms with Gasteiger partial charge < -0.3 is 9.73 Å². The lowest BCUT2D eigenvalue weighted by Crippen LogP contribution is -2.59. The Morgan fingerprint density at radius 3 is 2.53 bits per heavy atom. The third-order valence-electron chi connectivity index (χ3n) is 7.50. The van der Waals surface area contributed by atoms with Gasteiger partial charge in [-0.3, -0.25) is 14.5 Å². The monoisotopic (exact) mass is 482 g/mol. The molecular weight excluding hydrogens is 456 g/mol. The predicted molar refractivity (Wildman–Crippen MR) is 126 cm³/mol. The van der Waals surface area contributed by atoms with Crippen molar-refractivity contribution in [1.82, 2.24) is 15.2 Å². The van der Waals surface area contributed by atoms with Crippen molar-refractivity contribution in [3.05, 3.63) is 59.0 Å². The number of carbonyl (C=O) groups is 3. The number of hydrazone groups is 1. The van der Waals surface area contributed by atoms with E-state index in [2.05, 4.69) is 10.4 Å². The quantitative estimate of drug-likeness (QED) is 0.655. The maximum atomic E-state index is 13.5. The van der Waals surface area contributed by atoms with E-state index in [1.807, 2.05) is 26.0 Å². The summed E-state index contributed by atoms with van der Waals surface area (Å²) in [6.07, 6.45) is 4.73. The molecule has 34 heavy (non-hydrogen) atoms. The maximum absolute atomic E-state index is 13.5. The summed E-state index contributed by atoms with van der Waals surface area (Å²) < 4.78 is 5.58. The van der Waals surface area contributed by atoms with Crippen LogP contribution in [0.25, 0.3) is 0 Å². The molecule has 0 radical (unpaired) electrons. The molecule has 1 aromatic heterocycles. The number of rotatable bonds is 4. The van der Waals surface area contributed by atoms with Crippen LogP contribution in [0.15, 0.2) is 52.2 Å².